The molecule has 0 saturated carbocycles. The van der Waals surface area contributed by atoms with E-state index in [0.717, 1.165) is 18.2 Å². The van der Waals surface area contributed by atoms with Crippen LogP contribution in [-0.2, 0) is 0 Å². The van der Waals surface area contributed by atoms with Crippen LogP contribution in [0.3, 0.4) is 0 Å². The third kappa shape index (κ3) is 3.87. The first kappa shape index (κ1) is 10.7. The van der Waals surface area contributed by atoms with Crippen LogP contribution in [0.2, 0.25) is 0 Å². The molecule has 0 saturated heterocycles. The Hall–Kier alpha value is -0.410. The van der Waals surface area contributed by atoms with Crippen molar-refractivity contribution >= 4 is 11.3 Å². The van der Waals surface area contributed by atoms with E-state index in [0.29, 0.717) is 6.04 Å². The van der Waals surface area contributed by atoms with Crippen LogP contribution >= 0.6 is 11.3 Å². The maximum Gasteiger partial charge on any atom is 0.0795 e. The van der Waals surface area contributed by atoms with Gasteiger partial charge in [-0.05, 0) is 25.8 Å². The molecule has 0 aliphatic rings. The average molecular weight is 198 g/mol. The first-order valence-electron chi connectivity index (χ1n) is 4.81. The summed E-state index contributed by atoms with van der Waals surface area (Å²) < 4.78 is 0. The van der Waals surface area contributed by atoms with Gasteiger partial charge >= 0.3 is 0 Å². The van der Waals surface area contributed by atoms with Gasteiger partial charge in [-0.1, -0.05) is 13.8 Å². The summed E-state index contributed by atoms with van der Waals surface area (Å²) in [7, 11) is 0. The monoisotopic (exact) mass is 198 g/mol. The van der Waals surface area contributed by atoms with E-state index in [-0.39, 0.29) is 0 Å². The largest absolute Gasteiger partial charge is 0.309 e. The van der Waals surface area contributed by atoms with Gasteiger partial charge in [0, 0.05) is 11.4 Å². The van der Waals surface area contributed by atoms with E-state index >= 15 is 0 Å². The third-order valence-corrected chi connectivity index (χ3v) is 2.67. The Balaban J connectivity index is 2.22. The second-order valence-electron chi connectivity index (χ2n) is 3.77. The Labute approximate surface area is 84.4 Å². The van der Waals surface area contributed by atoms with Gasteiger partial charge in [-0.3, -0.25) is 0 Å². The van der Waals surface area contributed by atoms with Crippen LogP contribution in [0.4, 0.5) is 0 Å². The van der Waals surface area contributed by atoms with Crippen LogP contribution < -0.4 is 5.32 Å². The SMILES string of the molecule is CC(C)CCNC(C)c1cscn1. The van der Waals surface area contributed by atoms with Gasteiger partial charge in [0.15, 0.2) is 0 Å². The average Bonchev–Trinajstić information content (AvgIpc) is 2.55. The third-order valence-electron chi connectivity index (χ3n) is 2.07. The van der Waals surface area contributed by atoms with Crippen molar-refractivity contribution in [2.45, 2.75) is 33.2 Å². The zero-order chi connectivity index (χ0) is 9.68. The number of thiazole rings is 1. The quantitative estimate of drug-likeness (QED) is 0.787. The fourth-order valence-electron chi connectivity index (χ4n) is 1.13. The summed E-state index contributed by atoms with van der Waals surface area (Å²) in [5.74, 6) is 0.773. The lowest BCUT2D eigenvalue weighted by molar-refractivity contribution is 0.493. The number of nitrogens with one attached hydrogen (secondary N) is 1. The van der Waals surface area contributed by atoms with Gasteiger partial charge in [0.1, 0.15) is 0 Å². The van der Waals surface area contributed by atoms with Gasteiger partial charge in [-0.2, -0.15) is 0 Å². The van der Waals surface area contributed by atoms with Gasteiger partial charge in [0.2, 0.25) is 0 Å². The Kier molecular flexibility index (Phi) is 4.39. The summed E-state index contributed by atoms with van der Waals surface area (Å²) in [4.78, 5) is 4.27. The molecule has 0 bridgehead atoms. The number of hydrogen-bond donors (Lipinski definition) is 1. The minimum Gasteiger partial charge on any atom is -0.309 e. The predicted octanol–water partition coefficient (Wildman–Crippen LogP) is 2.84. The highest BCUT2D eigenvalue weighted by Gasteiger charge is 2.05. The molecule has 3 heteroatoms. The highest BCUT2D eigenvalue weighted by atomic mass is 32.1. The molecule has 0 amide bonds. The number of rotatable bonds is 5. The molecule has 1 unspecified atom stereocenters. The van der Waals surface area contributed by atoms with E-state index in [9.17, 15) is 0 Å². The lowest BCUT2D eigenvalue weighted by Crippen LogP contribution is -2.21. The summed E-state index contributed by atoms with van der Waals surface area (Å²) >= 11 is 1.66. The number of nitrogens with zero attached hydrogens (tertiary/aromatic N) is 1. The van der Waals surface area contributed by atoms with Crippen LogP contribution in [0.5, 0.6) is 0 Å². The molecule has 74 valence electrons. The van der Waals surface area contributed by atoms with Gasteiger partial charge in [0.25, 0.3) is 0 Å². The van der Waals surface area contributed by atoms with Crippen molar-refractivity contribution in [2.24, 2.45) is 5.92 Å². The van der Waals surface area contributed by atoms with Crippen LogP contribution in [0, 0.1) is 5.92 Å². The molecule has 1 rings (SSSR count). The molecule has 0 spiro atoms. The minimum atomic E-state index is 0.394. The van der Waals surface area contributed by atoms with Crippen molar-refractivity contribution in [2.75, 3.05) is 6.54 Å². The lowest BCUT2D eigenvalue weighted by Gasteiger charge is -2.12. The molecule has 1 N–H and O–H groups in total. The second-order valence-corrected chi connectivity index (χ2v) is 4.49. The topological polar surface area (TPSA) is 24.9 Å². The van der Waals surface area contributed by atoms with E-state index in [2.05, 4.69) is 36.5 Å². The maximum atomic E-state index is 4.27. The van der Waals surface area contributed by atoms with Crippen molar-refractivity contribution < 1.29 is 0 Å². The zero-order valence-corrected chi connectivity index (χ0v) is 9.40. The van der Waals surface area contributed by atoms with Gasteiger partial charge < -0.3 is 5.32 Å². The molecule has 0 aliphatic carbocycles. The highest BCUT2D eigenvalue weighted by molar-refractivity contribution is 7.07. The molecule has 0 fully saturated rings. The molecule has 0 radical (unpaired) electrons. The van der Waals surface area contributed by atoms with Crippen LogP contribution in [0.1, 0.15) is 38.9 Å². The Morgan fingerprint density at radius 3 is 2.77 bits per heavy atom. The summed E-state index contributed by atoms with van der Waals surface area (Å²) in [5.41, 5.74) is 3.05. The molecule has 2 nitrogen and oxygen atoms in total. The number of aromatic nitrogens is 1. The second kappa shape index (κ2) is 5.35. The maximum absolute atomic E-state index is 4.27. The molecular weight excluding hydrogens is 180 g/mol. The van der Waals surface area contributed by atoms with E-state index in [4.69, 9.17) is 0 Å². The van der Waals surface area contributed by atoms with Crippen LogP contribution in [0.25, 0.3) is 0 Å². The Morgan fingerprint density at radius 1 is 1.46 bits per heavy atom. The van der Waals surface area contributed by atoms with Gasteiger partial charge in [-0.25, -0.2) is 4.98 Å². The smallest absolute Gasteiger partial charge is 0.0795 e. The highest BCUT2D eigenvalue weighted by Crippen LogP contribution is 2.11. The number of hydrogen-bond acceptors (Lipinski definition) is 3. The zero-order valence-electron chi connectivity index (χ0n) is 8.58. The molecule has 1 aromatic rings. The van der Waals surface area contributed by atoms with Crippen molar-refractivity contribution in [3.63, 3.8) is 0 Å². The predicted molar refractivity (Wildman–Crippen MR) is 58.0 cm³/mol. The molecule has 1 heterocycles. The fraction of sp³-hybridized carbons (Fsp3) is 0.700. The summed E-state index contributed by atoms with van der Waals surface area (Å²) in [6.07, 6.45) is 1.23. The van der Waals surface area contributed by atoms with Gasteiger partial charge in [-0.15, -0.1) is 11.3 Å². The standard InChI is InChI=1S/C10H18N2S/c1-8(2)4-5-11-9(3)10-6-13-7-12-10/h6-9,11H,4-5H2,1-3H3. The van der Waals surface area contributed by atoms with Crippen molar-refractivity contribution in [1.82, 2.24) is 10.3 Å². The molecule has 0 aromatic carbocycles. The Bertz CT molecular complexity index is 219. The minimum absolute atomic E-state index is 0.394. The van der Waals surface area contributed by atoms with Crippen molar-refractivity contribution in [1.29, 1.82) is 0 Å². The Morgan fingerprint density at radius 2 is 2.23 bits per heavy atom. The van der Waals surface area contributed by atoms with Crippen LogP contribution in [-0.4, -0.2) is 11.5 Å². The first-order chi connectivity index (χ1) is 6.20. The lowest BCUT2D eigenvalue weighted by atomic mass is 10.1. The van der Waals surface area contributed by atoms with Crippen LogP contribution in [0.15, 0.2) is 10.9 Å². The first-order valence-corrected chi connectivity index (χ1v) is 5.76. The van der Waals surface area contributed by atoms with E-state index in [1.807, 2.05) is 5.51 Å². The molecule has 1 aromatic heterocycles. The molecule has 0 aliphatic heterocycles. The van der Waals surface area contributed by atoms with Gasteiger partial charge in [0.05, 0.1) is 11.2 Å². The van der Waals surface area contributed by atoms with E-state index in [1.54, 1.807) is 11.3 Å². The van der Waals surface area contributed by atoms with E-state index < -0.39 is 0 Å². The molecule has 13 heavy (non-hydrogen) atoms. The molecular formula is C10H18N2S. The fourth-order valence-corrected chi connectivity index (χ4v) is 1.78. The molecule has 1 atom stereocenters. The normalized spacial score (nSPS) is 13.5. The summed E-state index contributed by atoms with van der Waals surface area (Å²) in [5, 5.41) is 5.56. The summed E-state index contributed by atoms with van der Waals surface area (Å²) in [6.45, 7) is 7.73. The van der Waals surface area contributed by atoms with E-state index in [1.165, 1.54) is 6.42 Å². The van der Waals surface area contributed by atoms with Crippen molar-refractivity contribution in [3.05, 3.63) is 16.6 Å². The van der Waals surface area contributed by atoms with Crippen molar-refractivity contribution in [3.8, 4) is 0 Å². The summed E-state index contributed by atoms with van der Waals surface area (Å²) in [6, 6.07) is 0.394.